The third kappa shape index (κ3) is 2.83. The molecule has 1 aliphatic carbocycles. The molecule has 1 heterocycles. The average Bonchev–Trinajstić information content (AvgIpc) is 3.14. The van der Waals surface area contributed by atoms with E-state index in [-0.39, 0.29) is 18.1 Å². The van der Waals surface area contributed by atoms with Crippen molar-refractivity contribution in [1.29, 1.82) is 5.26 Å². The predicted octanol–water partition coefficient (Wildman–Crippen LogP) is 3.72. The van der Waals surface area contributed by atoms with Crippen LogP contribution in [-0.4, -0.2) is 16.6 Å². The minimum atomic E-state index is -1.22. The first-order valence-electron chi connectivity index (χ1n) is 7.82. The lowest BCUT2D eigenvalue weighted by Crippen LogP contribution is -2.24. The van der Waals surface area contributed by atoms with E-state index in [9.17, 15) is 14.9 Å². The Morgan fingerprint density at radius 1 is 1.39 bits per heavy atom. The van der Waals surface area contributed by atoms with Crippen LogP contribution in [0.2, 0.25) is 0 Å². The van der Waals surface area contributed by atoms with Crippen LogP contribution in [0.15, 0.2) is 36.4 Å². The topological polar surface area (TPSA) is 73.7 Å². The number of fused-ring (bicyclic) bond motifs is 1. The van der Waals surface area contributed by atoms with E-state index in [2.05, 4.69) is 4.98 Å². The van der Waals surface area contributed by atoms with Crippen LogP contribution in [-0.2, 0) is 4.79 Å². The molecule has 0 spiro atoms. The minimum absolute atomic E-state index is 0.162. The summed E-state index contributed by atoms with van der Waals surface area (Å²) in [6, 6.07) is 9.36. The van der Waals surface area contributed by atoms with Crippen LogP contribution >= 0.6 is 0 Å². The van der Waals surface area contributed by atoms with Gasteiger partial charge in [0.15, 0.2) is 17.5 Å². The summed E-state index contributed by atoms with van der Waals surface area (Å²) < 4.78 is 0. The Morgan fingerprint density at radius 3 is 2.87 bits per heavy atom. The van der Waals surface area contributed by atoms with Crippen molar-refractivity contribution in [1.82, 2.24) is 4.98 Å². The quantitative estimate of drug-likeness (QED) is 0.519. The Labute approximate surface area is 134 Å². The van der Waals surface area contributed by atoms with Gasteiger partial charge in [-0.2, -0.15) is 5.26 Å². The molecule has 0 radical (unpaired) electrons. The van der Waals surface area contributed by atoms with Gasteiger partial charge in [-0.3, -0.25) is 9.59 Å². The average molecular weight is 306 g/mol. The number of H-pyrrole nitrogens is 1. The van der Waals surface area contributed by atoms with Crippen molar-refractivity contribution >= 4 is 22.5 Å². The third-order valence-electron chi connectivity index (χ3n) is 4.43. The number of hydrogen-bond donors (Lipinski definition) is 1. The maximum absolute atomic E-state index is 12.8. The lowest BCUT2D eigenvalue weighted by atomic mass is 9.88. The number of benzene rings is 1. The molecule has 2 atom stereocenters. The highest BCUT2D eigenvalue weighted by atomic mass is 16.1. The lowest BCUT2D eigenvalue weighted by molar-refractivity contribution is -0.120. The van der Waals surface area contributed by atoms with E-state index < -0.39 is 11.7 Å². The van der Waals surface area contributed by atoms with Crippen LogP contribution in [0.5, 0.6) is 0 Å². The van der Waals surface area contributed by atoms with Gasteiger partial charge in [0.1, 0.15) is 0 Å². The third-order valence-corrected chi connectivity index (χ3v) is 4.43. The van der Waals surface area contributed by atoms with E-state index in [1.165, 1.54) is 0 Å². The van der Waals surface area contributed by atoms with Gasteiger partial charge in [-0.05, 0) is 31.7 Å². The van der Waals surface area contributed by atoms with Crippen LogP contribution in [0.3, 0.4) is 0 Å². The highest BCUT2D eigenvalue weighted by molar-refractivity contribution is 6.18. The SMILES string of the molecule is Cc1[nH]c2ccccc2c1C(=O)[C@@H](C#N)C(=O)C[C@H]1C=CCC1. The second-order valence-corrected chi connectivity index (χ2v) is 6.03. The van der Waals surface area contributed by atoms with E-state index in [4.69, 9.17) is 0 Å². The normalized spacial score (nSPS) is 18.0. The molecular weight excluding hydrogens is 288 g/mol. The standard InChI is InChI=1S/C19H18N2O2/c1-12-18(14-8-4-5-9-16(14)21-12)19(23)15(11-20)17(22)10-13-6-2-3-7-13/h2,4-6,8-9,13,15,21H,3,7,10H2,1H3/t13-,15-/m0/s1. The van der Waals surface area contributed by atoms with Gasteiger partial charge in [-0.1, -0.05) is 30.4 Å². The molecule has 23 heavy (non-hydrogen) atoms. The summed E-state index contributed by atoms with van der Waals surface area (Å²) in [6.07, 6.45) is 6.20. The number of aryl methyl sites for hydroxylation is 1. The number of para-hydroxylation sites is 1. The second kappa shape index (κ2) is 6.21. The highest BCUT2D eigenvalue weighted by Crippen LogP contribution is 2.27. The van der Waals surface area contributed by atoms with Crippen LogP contribution in [0, 0.1) is 30.1 Å². The number of carbonyl (C=O) groups excluding carboxylic acids is 2. The predicted molar refractivity (Wildman–Crippen MR) is 88.0 cm³/mol. The molecule has 1 aromatic carbocycles. The van der Waals surface area contributed by atoms with Gasteiger partial charge < -0.3 is 4.98 Å². The van der Waals surface area contributed by atoms with Gasteiger partial charge in [-0.15, -0.1) is 0 Å². The van der Waals surface area contributed by atoms with E-state index in [1.54, 1.807) is 6.92 Å². The zero-order valence-electron chi connectivity index (χ0n) is 13.0. The molecule has 0 aliphatic heterocycles. The molecule has 1 aliphatic rings. The zero-order chi connectivity index (χ0) is 16.4. The summed E-state index contributed by atoms with van der Waals surface area (Å²) in [7, 11) is 0. The number of nitriles is 1. The van der Waals surface area contributed by atoms with Gasteiger partial charge in [0.2, 0.25) is 0 Å². The van der Waals surface area contributed by atoms with Crippen LogP contribution < -0.4 is 0 Å². The molecule has 2 aromatic rings. The Balaban J connectivity index is 1.90. The number of rotatable bonds is 5. The smallest absolute Gasteiger partial charge is 0.189 e. The summed E-state index contributed by atoms with van der Waals surface area (Å²) >= 11 is 0. The van der Waals surface area contributed by atoms with Crippen molar-refractivity contribution < 1.29 is 9.59 Å². The maximum Gasteiger partial charge on any atom is 0.189 e. The number of Topliss-reactive ketones (excluding diaryl/α,β-unsaturated/α-hetero) is 2. The molecule has 0 saturated heterocycles. The monoisotopic (exact) mass is 306 g/mol. The molecule has 1 aromatic heterocycles. The summed E-state index contributed by atoms with van der Waals surface area (Å²) in [5.41, 5.74) is 2.00. The minimum Gasteiger partial charge on any atom is -0.358 e. The molecule has 4 heteroatoms. The fourth-order valence-corrected chi connectivity index (χ4v) is 3.26. The molecular formula is C19H18N2O2. The Bertz CT molecular complexity index is 839. The molecule has 116 valence electrons. The fourth-order valence-electron chi connectivity index (χ4n) is 3.26. The summed E-state index contributed by atoms with van der Waals surface area (Å²) in [6.45, 7) is 1.80. The fraction of sp³-hybridized carbons (Fsp3) is 0.316. The summed E-state index contributed by atoms with van der Waals surface area (Å²) in [5, 5.41) is 10.2. The Kier molecular flexibility index (Phi) is 4.12. The number of aromatic amines is 1. The Morgan fingerprint density at radius 2 is 2.17 bits per heavy atom. The van der Waals surface area contributed by atoms with Gasteiger partial charge in [0.05, 0.1) is 6.07 Å². The van der Waals surface area contributed by atoms with Crippen molar-refractivity contribution in [3.63, 3.8) is 0 Å². The van der Waals surface area contributed by atoms with E-state index in [1.807, 2.05) is 42.5 Å². The maximum atomic E-state index is 12.8. The number of nitrogens with zero attached hydrogens (tertiary/aromatic N) is 1. The largest absolute Gasteiger partial charge is 0.358 e. The summed E-state index contributed by atoms with van der Waals surface area (Å²) in [5.74, 6) is -1.73. The first-order valence-corrected chi connectivity index (χ1v) is 7.82. The van der Waals surface area contributed by atoms with E-state index >= 15 is 0 Å². The molecule has 1 N–H and O–H groups in total. The van der Waals surface area contributed by atoms with Crippen LogP contribution in [0.4, 0.5) is 0 Å². The van der Waals surface area contributed by atoms with Gasteiger partial charge in [-0.25, -0.2) is 0 Å². The van der Waals surface area contributed by atoms with E-state index in [0.717, 1.165) is 23.7 Å². The summed E-state index contributed by atoms with van der Waals surface area (Å²) in [4.78, 5) is 28.4. The number of nitrogens with one attached hydrogen (secondary N) is 1. The van der Waals surface area contributed by atoms with Crippen molar-refractivity contribution in [2.24, 2.45) is 11.8 Å². The molecule has 0 amide bonds. The number of ketones is 2. The van der Waals surface area contributed by atoms with Gasteiger partial charge in [0.25, 0.3) is 0 Å². The lowest BCUT2D eigenvalue weighted by Gasteiger charge is -2.11. The van der Waals surface area contributed by atoms with Crippen molar-refractivity contribution in [3.8, 4) is 6.07 Å². The first-order chi connectivity index (χ1) is 11.1. The number of hydrogen-bond acceptors (Lipinski definition) is 3. The van der Waals surface area contributed by atoms with Crippen LogP contribution in [0.25, 0.3) is 10.9 Å². The van der Waals surface area contributed by atoms with Gasteiger partial charge in [0, 0.05) is 28.6 Å². The molecule has 0 fully saturated rings. The number of carbonyl (C=O) groups is 2. The molecule has 0 bridgehead atoms. The van der Waals surface area contributed by atoms with E-state index in [0.29, 0.717) is 11.3 Å². The second-order valence-electron chi connectivity index (χ2n) is 6.03. The van der Waals surface area contributed by atoms with Gasteiger partial charge >= 0.3 is 0 Å². The van der Waals surface area contributed by atoms with Crippen molar-refractivity contribution in [2.75, 3.05) is 0 Å². The molecule has 0 unspecified atom stereocenters. The van der Waals surface area contributed by atoms with Crippen LogP contribution in [0.1, 0.15) is 35.3 Å². The Hall–Kier alpha value is -2.67. The highest BCUT2D eigenvalue weighted by Gasteiger charge is 2.31. The first kappa shape index (κ1) is 15.2. The van der Waals surface area contributed by atoms with Crippen molar-refractivity contribution in [2.45, 2.75) is 26.2 Å². The van der Waals surface area contributed by atoms with Crippen molar-refractivity contribution in [3.05, 3.63) is 47.7 Å². The number of allylic oxidation sites excluding steroid dienone is 2. The molecule has 0 saturated carbocycles. The molecule has 3 rings (SSSR count). The molecule has 4 nitrogen and oxygen atoms in total. The number of aromatic nitrogens is 1. The zero-order valence-corrected chi connectivity index (χ0v) is 13.0.